The number of nitrogens with one attached hydrogen (secondary N) is 2. The van der Waals surface area contributed by atoms with E-state index in [2.05, 4.69) is 19.9 Å². The van der Waals surface area contributed by atoms with Crippen LogP contribution in [-0.4, -0.2) is 19.9 Å². The first kappa shape index (κ1) is 11.3. The number of hydrogen-bond donors (Lipinski definition) is 2. The first-order valence-corrected chi connectivity index (χ1v) is 5.70. The monoisotopic (exact) mass is 254 g/mol. The van der Waals surface area contributed by atoms with Crippen molar-refractivity contribution in [1.82, 2.24) is 19.9 Å². The van der Waals surface area contributed by atoms with Gasteiger partial charge in [0.15, 0.2) is 11.2 Å². The number of H-pyrrole nitrogens is 2. The van der Waals surface area contributed by atoms with Crippen LogP contribution in [-0.2, 0) is 0 Å². The van der Waals surface area contributed by atoms with Gasteiger partial charge in [0.2, 0.25) is 0 Å². The second kappa shape index (κ2) is 4.16. The van der Waals surface area contributed by atoms with E-state index >= 15 is 0 Å². The van der Waals surface area contributed by atoms with Crippen LogP contribution in [0.2, 0.25) is 0 Å². The van der Waals surface area contributed by atoms with Crippen LogP contribution in [0.25, 0.3) is 22.4 Å². The SMILES string of the molecule is Cc1ccc(-c2cnc3c(=O)[nH]c(=O)[nH]c3n2)cc1. The number of hydrogen-bond acceptors (Lipinski definition) is 4. The summed E-state index contributed by atoms with van der Waals surface area (Å²) < 4.78 is 0. The fourth-order valence-electron chi connectivity index (χ4n) is 1.81. The van der Waals surface area contributed by atoms with Crippen molar-refractivity contribution in [3.05, 3.63) is 56.9 Å². The summed E-state index contributed by atoms with van der Waals surface area (Å²) in [5, 5.41) is 0. The molecule has 94 valence electrons. The van der Waals surface area contributed by atoms with Gasteiger partial charge in [0, 0.05) is 5.56 Å². The van der Waals surface area contributed by atoms with E-state index in [4.69, 9.17) is 0 Å². The molecule has 6 nitrogen and oxygen atoms in total. The first-order valence-electron chi connectivity index (χ1n) is 5.70. The van der Waals surface area contributed by atoms with Gasteiger partial charge in [-0.3, -0.25) is 14.8 Å². The van der Waals surface area contributed by atoms with Crippen LogP contribution in [0.15, 0.2) is 40.1 Å². The van der Waals surface area contributed by atoms with Crippen molar-refractivity contribution in [3.8, 4) is 11.3 Å². The van der Waals surface area contributed by atoms with Gasteiger partial charge < -0.3 is 0 Å². The largest absolute Gasteiger partial charge is 0.327 e. The fraction of sp³-hybridized carbons (Fsp3) is 0.0769. The number of aryl methyl sites for hydroxylation is 1. The molecular weight excluding hydrogens is 244 g/mol. The van der Waals surface area contributed by atoms with Crippen LogP contribution in [0.5, 0.6) is 0 Å². The zero-order chi connectivity index (χ0) is 13.4. The number of rotatable bonds is 1. The summed E-state index contributed by atoms with van der Waals surface area (Å²) in [5.74, 6) is 0. The van der Waals surface area contributed by atoms with Crippen molar-refractivity contribution in [2.24, 2.45) is 0 Å². The summed E-state index contributed by atoms with van der Waals surface area (Å²) in [7, 11) is 0. The van der Waals surface area contributed by atoms with Gasteiger partial charge in [-0.1, -0.05) is 29.8 Å². The Labute approximate surface area is 107 Å². The molecule has 0 fully saturated rings. The molecule has 0 spiro atoms. The number of benzene rings is 1. The Morgan fingerprint density at radius 2 is 1.79 bits per heavy atom. The molecule has 0 radical (unpaired) electrons. The summed E-state index contributed by atoms with van der Waals surface area (Å²) in [5.41, 5.74) is 1.80. The van der Waals surface area contributed by atoms with Gasteiger partial charge in [-0.25, -0.2) is 14.8 Å². The lowest BCUT2D eigenvalue weighted by Crippen LogP contribution is -2.23. The maximum atomic E-state index is 11.5. The van der Waals surface area contributed by atoms with Gasteiger partial charge in [0.05, 0.1) is 11.9 Å². The normalized spacial score (nSPS) is 10.8. The van der Waals surface area contributed by atoms with Crippen LogP contribution in [0, 0.1) is 6.92 Å². The van der Waals surface area contributed by atoms with E-state index in [1.165, 1.54) is 6.20 Å². The van der Waals surface area contributed by atoms with Crippen molar-refractivity contribution in [1.29, 1.82) is 0 Å². The molecule has 0 aliphatic carbocycles. The molecule has 6 heteroatoms. The molecule has 0 bridgehead atoms. The quantitative estimate of drug-likeness (QED) is 0.677. The average Bonchev–Trinajstić information content (AvgIpc) is 2.38. The fourth-order valence-corrected chi connectivity index (χ4v) is 1.81. The molecule has 0 atom stereocenters. The van der Waals surface area contributed by atoms with E-state index in [0.29, 0.717) is 5.69 Å². The van der Waals surface area contributed by atoms with E-state index in [-0.39, 0.29) is 11.2 Å². The van der Waals surface area contributed by atoms with Gasteiger partial charge >= 0.3 is 5.69 Å². The standard InChI is InChI=1S/C13H10N4O2/c1-7-2-4-8(5-3-7)9-6-14-10-11(15-9)16-13(19)17-12(10)18/h2-6H,1H3,(H2,15,16,17,18,19). The van der Waals surface area contributed by atoms with Gasteiger partial charge in [-0.05, 0) is 6.92 Å². The van der Waals surface area contributed by atoms with Crippen molar-refractivity contribution in [2.45, 2.75) is 6.92 Å². The minimum absolute atomic E-state index is 0.121. The molecular formula is C13H10N4O2. The highest BCUT2D eigenvalue weighted by Crippen LogP contribution is 2.17. The van der Waals surface area contributed by atoms with E-state index < -0.39 is 11.2 Å². The smallest absolute Gasteiger partial charge is 0.290 e. The summed E-state index contributed by atoms with van der Waals surface area (Å²) in [6, 6.07) is 7.75. The molecule has 2 N–H and O–H groups in total. The Morgan fingerprint density at radius 3 is 2.53 bits per heavy atom. The molecule has 0 aliphatic rings. The van der Waals surface area contributed by atoms with E-state index in [0.717, 1.165) is 11.1 Å². The molecule has 3 rings (SSSR count). The highest BCUT2D eigenvalue weighted by Gasteiger charge is 2.06. The Balaban J connectivity index is 2.24. The molecule has 3 aromatic rings. The van der Waals surface area contributed by atoms with Crippen LogP contribution < -0.4 is 11.2 Å². The second-order valence-corrected chi connectivity index (χ2v) is 4.23. The zero-order valence-corrected chi connectivity index (χ0v) is 10.1. The van der Waals surface area contributed by atoms with Crippen LogP contribution in [0.4, 0.5) is 0 Å². The molecule has 0 amide bonds. The lowest BCUT2D eigenvalue weighted by Gasteiger charge is -2.02. The van der Waals surface area contributed by atoms with Crippen molar-refractivity contribution in [3.63, 3.8) is 0 Å². The van der Waals surface area contributed by atoms with Gasteiger partial charge in [0.1, 0.15) is 0 Å². The van der Waals surface area contributed by atoms with E-state index in [1.54, 1.807) is 0 Å². The van der Waals surface area contributed by atoms with Gasteiger partial charge in [0.25, 0.3) is 5.56 Å². The van der Waals surface area contributed by atoms with Crippen LogP contribution in [0.1, 0.15) is 5.56 Å². The van der Waals surface area contributed by atoms with Crippen molar-refractivity contribution >= 4 is 11.2 Å². The highest BCUT2D eigenvalue weighted by molar-refractivity contribution is 5.72. The summed E-state index contributed by atoms with van der Waals surface area (Å²) >= 11 is 0. The number of aromatic nitrogens is 4. The topological polar surface area (TPSA) is 91.5 Å². The molecule has 0 saturated heterocycles. The lowest BCUT2D eigenvalue weighted by atomic mass is 10.1. The third-order valence-electron chi connectivity index (χ3n) is 2.79. The van der Waals surface area contributed by atoms with Crippen molar-refractivity contribution < 1.29 is 0 Å². The lowest BCUT2D eigenvalue weighted by molar-refractivity contribution is 1.04. The van der Waals surface area contributed by atoms with Crippen LogP contribution >= 0.6 is 0 Å². The third kappa shape index (κ3) is 2.03. The van der Waals surface area contributed by atoms with Crippen molar-refractivity contribution in [2.75, 3.05) is 0 Å². The third-order valence-corrected chi connectivity index (χ3v) is 2.79. The number of fused-ring (bicyclic) bond motifs is 1. The van der Waals surface area contributed by atoms with Gasteiger partial charge in [-0.2, -0.15) is 0 Å². The molecule has 2 heterocycles. The molecule has 0 saturated carbocycles. The highest BCUT2D eigenvalue weighted by atomic mass is 16.2. The summed E-state index contributed by atoms with van der Waals surface area (Å²) in [4.78, 5) is 35.6. The van der Waals surface area contributed by atoms with E-state index in [1.807, 2.05) is 31.2 Å². The number of aromatic amines is 2. The minimum atomic E-state index is -0.590. The molecule has 0 unspecified atom stereocenters. The second-order valence-electron chi connectivity index (χ2n) is 4.23. The Kier molecular flexibility index (Phi) is 2.49. The Morgan fingerprint density at radius 1 is 1.05 bits per heavy atom. The van der Waals surface area contributed by atoms with E-state index in [9.17, 15) is 9.59 Å². The van der Waals surface area contributed by atoms with Crippen LogP contribution in [0.3, 0.4) is 0 Å². The maximum Gasteiger partial charge on any atom is 0.327 e. The first-order chi connectivity index (χ1) is 9.13. The Bertz CT molecular complexity index is 862. The minimum Gasteiger partial charge on any atom is -0.290 e. The summed E-state index contributed by atoms with van der Waals surface area (Å²) in [6.07, 6.45) is 1.51. The maximum absolute atomic E-state index is 11.5. The molecule has 1 aromatic carbocycles. The van der Waals surface area contributed by atoms with Gasteiger partial charge in [-0.15, -0.1) is 0 Å². The zero-order valence-electron chi connectivity index (χ0n) is 10.1. The predicted molar refractivity (Wildman–Crippen MR) is 71.0 cm³/mol. The molecule has 2 aromatic heterocycles. The average molecular weight is 254 g/mol. The number of nitrogens with zero attached hydrogens (tertiary/aromatic N) is 2. The Hall–Kier alpha value is -2.76. The summed E-state index contributed by atoms with van der Waals surface area (Å²) in [6.45, 7) is 1.99. The molecule has 19 heavy (non-hydrogen) atoms. The predicted octanol–water partition coefficient (Wildman–Crippen LogP) is 0.982. The molecule has 0 aliphatic heterocycles.